The smallest absolute Gasteiger partial charge is 0.259 e. The highest BCUT2D eigenvalue weighted by molar-refractivity contribution is 7.17. The minimum absolute atomic E-state index is 0.0825. The van der Waals surface area contributed by atoms with E-state index in [9.17, 15) is 9.59 Å². The molecule has 0 fully saturated rings. The molecule has 2 amide bonds. The van der Waals surface area contributed by atoms with Gasteiger partial charge in [0.2, 0.25) is 0 Å². The van der Waals surface area contributed by atoms with Crippen LogP contribution in [0.3, 0.4) is 0 Å². The van der Waals surface area contributed by atoms with E-state index in [1.54, 1.807) is 12.1 Å². The van der Waals surface area contributed by atoms with Crippen LogP contribution in [0.1, 0.15) is 52.3 Å². The van der Waals surface area contributed by atoms with Crippen molar-refractivity contribution in [2.24, 2.45) is 5.73 Å². The van der Waals surface area contributed by atoms with Gasteiger partial charge in [-0.15, -0.1) is 11.3 Å². The zero-order chi connectivity index (χ0) is 16.3. The molecule has 0 aliphatic carbocycles. The van der Waals surface area contributed by atoms with Crippen molar-refractivity contribution in [3.05, 3.63) is 46.3 Å². The van der Waals surface area contributed by atoms with Gasteiger partial charge >= 0.3 is 0 Å². The van der Waals surface area contributed by atoms with E-state index in [1.165, 1.54) is 11.3 Å². The molecule has 0 saturated carbocycles. The number of carbonyl (C=O) groups excluding carboxylic acids is 2. The number of rotatable bonds is 5. The molecule has 3 N–H and O–H groups in total. The van der Waals surface area contributed by atoms with Crippen molar-refractivity contribution in [1.29, 1.82) is 0 Å². The molecule has 2 rings (SSSR count). The maximum Gasteiger partial charge on any atom is 0.259 e. The summed E-state index contributed by atoms with van der Waals surface area (Å²) in [4.78, 5) is 24.9. The Bertz CT molecular complexity index is 687. The van der Waals surface area contributed by atoms with Gasteiger partial charge in [-0.1, -0.05) is 26.0 Å². The second-order valence-electron chi connectivity index (χ2n) is 5.35. The summed E-state index contributed by atoms with van der Waals surface area (Å²) >= 11 is 1.40. The molecule has 0 radical (unpaired) electrons. The van der Waals surface area contributed by atoms with E-state index < -0.39 is 0 Å². The molecule has 1 aromatic carbocycles. The molecule has 0 spiro atoms. The number of nitrogens with two attached hydrogens (primary N) is 1. The van der Waals surface area contributed by atoms with E-state index in [0.29, 0.717) is 17.0 Å². The molecular formula is C17H20N2O2S. The first kappa shape index (κ1) is 16.2. The van der Waals surface area contributed by atoms with Crippen LogP contribution < -0.4 is 11.1 Å². The highest BCUT2D eigenvalue weighted by Crippen LogP contribution is 2.35. The fraction of sp³-hybridized carbons (Fsp3) is 0.294. The quantitative estimate of drug-likeness (QED) is 0.887. The first-order chi connectivity index (χ1) is 10.4. The highest BCUT2D eigenvalue weighted by Gasteiger charge is 2.17. The summed E-state index contributed by atoms with van der Waals surface area (Å²) in [5, 5.41) is 2.77. The van der Waals surface area contributed by atoms with Crippen LogP contribution in [0.15, 0.2) is 30.3 Å². The largest absolute Gasteiger partial charge is 0.365 e. The Morgan fingerprint density at radius 3 is 2.32 bits per heavy atom. The minimum atomic E-state index is -0.390. The predicted molar refractivity (Wildman–Crippen MR) is 90.4 cm³/mol. The average molecular weight is 316 g/mol. The number of benzene rings is 1. The summed E-state index contributed by atoms with van der Waals surface area (Å²) in [7, 11) is 0. The van der Waals surface area contributed by atoms with Gasteiger partial charge in [-0.2, -0.15) is 0 Å². The van der Waals surface area contributed by atoms with Gasteiger partial charge in [0.25, 0.3) is 11.8 Å². The Morgan fingerprint density at radius 1 is 1.23 bits per heavy atom. The first-order valence-corrected chi connectivity index (χ1v) is 8.07. The fourth-order valence-corrected chi connectivity index (χ4v) is 3.39. The Morgan fingerprint density at radius 2 is 1.86 bits per heavy atom. The maximum atomic E-state index is 11.8. The van der Waals surface area contributed by atoms with Gasteiger partial charge in [-0.05, 0) is 42.2 Å². The fourth-order valence-electron chi connectivity index (χ4n) is 2.22. The first-order valence-electron chi connectivity index (χ1n) is 7.26. The summed E-state index contributed by atoms with van der Waals surface area (Å²) in [6.45, 7) is 6.56. The van der Waals surface area contributed by atoms with E-state index in [4.69, 9.17) is 5.73 Å². The van der Waals surface area contributed by atoms with Gasteiger partial charge in [-0.3, -0.25) is 9.59 Å². The molecule has 4 nitrogen and oxygen atoms in total. The molecule has 0 atom stereocenters. The molecule has 0 unspecified atom stereocenters. The van der Waals surface area contributed by atoms with Gasteiger partial charge in [0, 0.05) is 17.0 Å². The number of thiophene rings is 1. The zero-order valence-corrected chi connectivity index (χ0v) is 13.8. The molecule has 0 bridgehead atoms. The summed E-state index contributed by atoms with van der Waals surface area (Å²) < 4.78 is 0. The number of amides is 2. The van der Waals surface area contributed by atoms with Crippen molar-refractivity contribution in [2.75, 3.05) is 6.54 Å². The minimum Gasteiger partial charge on any atom is -0.365 e. The second-order valence-corrected chi connectivity index (χ2v) is 6.40. The van der Waals surface area contributed by atoms with Gasteiger partial charge in [-0.25, -0.2) is 0 Å². The van der Waals surface area contributed by atoms with E-state index in [2.05, 4.69) is 5.32 Å². The van der Waals surface area contributed by atoms with Crippen LogP contribution in [-0.2, 0) is 0 Å². The third kappa shape index (κ3) is 3.36. The van der Waals surface area contributed by atoms with Crippen LogP contribution in [0, 0.1) is 0 Å². The lowest BCUT2D eigenvalue weighted by atomic mass is 10.0. The SMILES string of the molecule is CCNC(=O)c1ccc(-c2cc(C(C)C)c(C(N)=O)s2)cc1. The highest BCUT2D eigenvalue weighted by atomic mass is 32.1. The predicted octanol–water partition coefficient (Wildman–Crippen LogP) is 3.39. The monoisotopic (exact) mass is 316 g/mol. The molecule has 0 aliphatic heterocycles. The van der Waals surface area contributed by atoms with Crippen LogP contribution in [-0.4, -0.2) is 18.4 Å². The van der Waals surface area contributed by atoms with Crippen molar-refractivity contribution in [2.45, 2.75) is 26.7 Å². The van der Waals surface area contributed by atoms with E-state index in [0.717, 1.165) is 16.0 Å². The lowest BCUT2D eigenvalue weighted by Gasteiger charge is -2.03. The number of hydrogen-bond donors (Lipinski definition) is 2. The molecule has 0 aliphatic rings. The van der Waals surface area contributed by atoms with Gasteiger partial charge in [0.05, 0.1) is 4.88 Å². The number of carbonyl (C=O) groups is 2. The second kappa shape index (κ2) is 6.75. The van der Waals surface area contributed by atoms with Crippen LogP contribution >= 0.6 is 11.3 Å². The third-order valence-electron chi connectivity index (χ3n) is 3.38. The van der Waals surface area contributed by atoms with E-state index >= 15 is 0 Å². The molecule has 22 heavy (non-hydrogen) atoms. The summed E-state index contributed by atoms with van der Waals surface area (Å²) in [6, 6.07) is 9.38. The lowest BCUT2D eigenvalue weighted by Crippen LogP contribution is -2.22. The molecule has 0 saturated heterocycles. The zero-order valence-electron chi connectivity index (χ0n) is 13.0. The maximum absolute atomic E-state index is 11.8. The summed E-state index contributed by atoms with van der Waals surface area (Å²) in [6.07, 6.45) is 0. The normalized spacial score (nSPS) is 10.7. The van der Waals surface area contributed by atoms with Crippen LogP contribution in [0.25, 0.3) is 10.4 Å². The molecule has 1 heterocycles. The van der Waals surface area contributed by atoms with Crippen molar-refractivity contribution in [1.82, 2.24) is 5.32 Å². The van der Waals surface area contributed by atoms with Crippen molar-refractivity contribution >= 4 is 23.2 Å². The molecule has 116 valence electrons. The van der Waals surface area contributed by atoms with Gasteiger partial charge in [0.15, 0.2) is 0 Å². The Hall–Kier alpha value is -2.14. The van der Waals surface area contributed by atoms with Crippen LogP contribution in [0.4, 0.5) is 0 Å². The third-order valence-corrected chi connectivity index (χ3v) is 4.59. The Balaban J connectivity index is 2.34. The Kier molecular flexibility index (Phi) is 4.98. The lowest BCUT2D eigenvalue weighted by molar-refractivity contribution is 0.0954. The van der Waals surface area contributed by atoms with Crippen molar-refractivity contribution < 1.29 is 9.59 Å². The number of nitrogens with one attached hydrogen (secondary N) is 1. The van der Waals surface area contributed by atoms with Gasteiger partial charge in [0.1, 0.15) is 0 Å². The molecule has 5 heteroatoms. The average Bonchev–Trinajstić information content (AvgIpc) is 2.93. The molecule has 1 aromatic heterocycles. The van der Waals surface area contributed by atoms with Gasteiger partial charge < -0.3 is 11.1 Å². The van der Waals surface area contributed by atoms with Crippen molar-refractivity contribution in [3.63, 3.8) is 0 Å². The molecule has 2 aromatic rings. The molecular weight excluding hydrogens is 296 g/mol. The number of hydrogen-bond acceptors (Lipinski definition) is 3. The number of primary amides is 1. The summed E-state index contributed by atoms with van der Waals surface area (Å²) in [5.41, 5.74) is 8.04. The summed E-state index contributed by atoms with van der Waals surface area (Å²) in [5.74, 6) is -0.234. The van der Waals surface area contributed by atoms with Crippen LogP contribution in [0.5, 0.6) is 0 Å². The van der Waals surface area contributed by atoms with Crippen LogP contribution in [0.2, 0.25) is 0 Å². The van der Waals surface area contributed by atoms with E-state index in [1.807, 2.05) is 39.0 Å². The Labute approximate surface area is 134 Å². The standard InChI is InChI=1S/C17H20N2O2S/c1-4-19-17(21)12-7-5-11(6-8-12)14-9-13(10(2)3)15(22-14)16(18)20/h5-10H,4H2,1-3H3,(H2,18,20)(H,19,21). The van der Waals surface area contributed by atoms with Crippen molar-refractivity contribution in [3.8, 4) is 10.4 Å². The topological polar surface area (TPSA) is 72.2 Å². The van der Waals surface area contributed by atoms with E-state index in [-0.39, 0.29) is 17.7 Å².